The van der Waals surface area contributed by atoms with Crippen LogP contribution in [-0.4, -0.2) is 32.9 Å². The van der Waals surface area contributed by atoms with Crippen molar-refractivity contribution in [3.05, 3.63) is 0 Å². The van der Waals surface area contributed by atoms with E-state index in [9.17, 15) is 8.42 Å². The highest BCUT2D eigenvalue weighted by atomic mass is 32.2. The first kappa shape index (κ1) is 12.4. The normalized spacial score (nSPS) is 20.8. The fourth-order valence-corrected chi connectivity index (χ4v) is 3.10. The molecule has 0 aromatic heterocycles. The predicted molar refractivity (Wildman–Crippen MR) is 55.6 cm³/mol. The van der Waals surface area contributed by atoms with Crippen molar-refractivity contribution in [3.63, 3.8) is 0 Å². The van der Waals surface area contributed by atoms with Gasteiger partial charge in [-0.3, -0.25) is 0 Å². The monoisotopic (exact) mass is 232 g/mol. The first-order chi connectivity index (χ1) is 7.10. The number of rotatable bonds is 4. The molecule has 6 heteroatoms. The van der Waals surface area contributed by atoms with Crippen molar-refractivity contribution in [2.24, 2.45) is 0 Å². The van der Waals surface area contributed by atoms with Crippen LogP contribution in [0.4, 0.5) is 0 Å². The molecule has 0 spiro atoms. The molecule has 86 valence electrons. The van der Waals surface area contributed by atoms with Crippen molar-refractivity contribution in [3.8, 4) is 6.07 Å². The van der Waals surface area contributed by atoms with Crippen LogP contribution in [0.1, 0.15) is 26.2 Å². The van der Waals surface area contributed by atoms with Gasteiger partial charge in [0.05, 0.1) is 11.3 Å². The van der Waals surface area contributed by atoms with E-state index in [4.69, 9.17) is 10.00 Å². The van der Waals surface area contributed by atoms with Gasteiger partial charge in [0.1, 0.15) is 6.04 Å². The van der Waals surface area contributed by atoms with Crippen LogP contribution < -0.4 is 4.72 Å². The summed E-state index contributed by atoms with van der Waals surface area (Å²) in [6.07, 6.45) is 1.51. The average Bonchev–Trinajstić information content (AvgIpc) is 2.27. The molecule has 1 unspecified atom stereocenters. The van der Waals surface area contributed by atoms with Gasteiger partial charge in [-0.15, -0.1) is 0 Å². The number of nitrogens with zero attached hydrogens (tertiary/aromatic N) is 1. The lowest BCUT2D eigenvalue weighted by Gasteiger charge is -2.23. The highest BCUT2D eigenvalue weighted by Crippen LogP contribution is 2.15. The summed E-state index contributed by atoms with van der Waals surface area (Å²) in [7, 11) is -3.36. The Morgan fingerprint density at radius 3 is 2.60 bits per heavy atom. The van der Waals surface area contributed by atoms with Crippen molar-refractivity contribution in [2.75, 3.05) is 13.2 Å². The van der Waals surface area contributed by atoms with E-state index >= 15 is 0 Å². The second kappa shape index (κ2) is 5.45. The molecule has 1 aliphatic rings. The first-order valence-corrected chi connectivity index (χ1v) is 6.63. The number of ether oxygens (including phenoxy) is 1. The zero-order valence-corrected chi connectivity index (χ0v) is 9.59. The van der Waals surface area contributed by atoms with Crippen LogP contribution in [-0.2, 0) is 14.8 Å². The molecular weight excluding hydrogens is 216 g/mol. The van der Waals surface area contributed by atoms with E-state index in [1.807, 2.05) is 6.07 Å². The van der Waals surface area contributed by atoms with E-state index in [2.05, 4.69) is 4.72 Å². The van der Waals surface area contributed by atoms with E-state index < -0.39 is 21.3 Å². The van der Waals surface area contributed by atoms with Crippen LogP contribution >= 0.6 is 0 Å². The molecule has 1 heterocycles. The SMILES string of the molecule is CCC(C#N)NS(=O)(=O)C1CCOCC1. The van der Waals surface area contributed by atoms with E-state index in [-0.39, 0.29) is 0 Å². The maximum absolute atomic E-state index is 11.8. The number of nitriles is 1. The Morgan fingerprint density at radius 1 is 1.53 bits per heavy atom. The molecule has 0 saturated carbocycles. The molecule has 0 amide bonds. The Bertz CT molecular complexity index is 328. The van der Waals surface area contributed by atoms with Crippen LogP contribution in [0.25, 0.3) is 0 Å². The van der Waals surface area contributed by atoms with Crippen molar-refractivity contribution in [1.29, 1.82) is 5.26 Å². The van der Waals surface area contributed by atoms with Crippen LogP contribution in [0.5, 0.6) is 0 Å². The predicted octanol–water partition coefficient (Wildman–Crippen LogP) is 0.387. The molecule has 0 aromatic carbocycles. The minimum Gasteiger partial charge on any atom is -0.381 e. The molecule has 0 bridgehead atoms. The highest BCUT2D eigenvalue weighted by Gasteiger charge is 2.29. The van der Waals surface area contributed by atoms with Crippen molar-refractivity contribution >= 4 is 10.0 Å². The minimum atomic E-state index is -3.36. The summed E-state index contributed by atoms with van der Waals surface area (Å²) in [6.45, 7) is 2.74. The molecule has 0 aliphatic carbocycles. The maximum Gasteiger partial charge on any atom is 0.215 e. The topological polar surface area (TPSA) is 79.2 Å². The van der Waals surface area contributed by atoms with Crippen LogP contribution in [0.2, 0.25) is 0 Å². The minimum absolute atomic E-state index is 0.409. The molecule has 1 saturated heterocycles. The Hall–Kier alpha value is -0.640. The molecule has 0 aromatic rings. The Kier molecular flexibility index (Phi) is 4.51. The zero-order chi connectivity index (χ0) is 11.3. The van der Waals surface area contributed by atoms with E-state index in [0.717, 1.165) is 0 Å². The molecular formula is C9H16N2O3S. The van der Waals surface area contributed by atoms with Gasteiger partial charge in [-0.1, -0.05) is 6.92 Å². The largest absolute Gasteiger partial charge is 0.381 e. The number of sulfonamides is 1. The summed E-state index contributed by atoms with van der Waals surface area (Å²) in [6, 6.07) is 1.31. The summed E-state index contributed by atoms with van der Waals surface area (Å²) in [5.74, 6) is 0. The quantitative estimate of drug-likeness (QED) is 0.760. The third-order valence-corrected chi connectivity index (χ3v) is 4.44. The van der Waals surface area contributed by atoms with Gasteiger partial charge in [-0.2, -0.15) is 9.98 Å². The summed E-state index contributed by atoms with van der Waals surface area (Å²) >= 11 is 0. The lowest BCUT2D eigenvalue weighted by atomic mass is 10.2. The lowest BCUT2D eigenvalue weighted by Crippen LogP contribution is -2.42. The van der Waals surface area contributed by atoms with E-state index in [1.165, 1.54) is 0 Å². The van der Waals surface area contributed by atoms with E-state index in [0.29, 0.717) is 32.5 Å². The molecule has 1 fully saturated rings. The maximum atomic E-state index is 11.8. The van der Waals surface area contributed by atoms with Gasteiger partial charge in [0.2, 0.25) is 10.0 Å². The number of nitrogens with one attached hydrogen (secondary N) is 1. The van der Waals surface area contributed by atoms with E-state index in [1.54, 1.807) is 6.92 Å². The van der Waals surface area contributed by atoms with Gasteiger partial charge in [-0.05, 0) is 19.3 Å². The summed E-state index contributed by atoms with van der Waals surface area (Å²) in [5.41, 5.74) is 0. The fraction of sp³-hybridized carbons (Fsp3) is 0.889. The Labute approximate surface area is 90.5 Å². The first-order valence-electron chi connectivity index (χ1n) is 5.08. The third-order valence-electron chi connectivity index (χ3n) is 2.48. The molecule has 1 rings (SSSR count). The third kappa shape index (κ3) is 3.45. The molecule has 0 radical (unpaired) electrons. The zero-order valence-electron chi connectivity index (χ0n) is 8.77. The second-order valence-corrected chi connectivity index (χ2v) is 5.56. The van der Waals surface area contributed by atoms with Crippen molar-refractivity contribution in [1.82, 2.24) is 4.72 Å². The van der Waals surface area contributed by atoms with Crippen molar-refractivity contribution in [2.45, 2.75) is 37.5 Å². The average molecular weight is 232 g/mol. The van der Waals surface area contributed by atoms with Gasteiger partial charge in [-0.25, -0.2) is 8.42 Å². The summed E-state index contributed by atoms with van der Waals surface area (Å²) in [4.78, 5) is 0. The van der Waals surface area contributed by atoms with Crippen LogP contribution in [0.15, 0.2) is 0 Å². The molecule has 5 nitrogen and oxygen atoms in total. The number of hydrogen-bond acceptors (Lipinski definition) is 4. The van der Waals surface area contributed by atoms with Gasteiger partial charge >= 0.3 is 0 Å². The van der Waals surface area contributed by atoms with Gasteiger partial charge in [0.25, 0.3) is 0 Å². The van der Waals surface area contributed by atoms with Crippen molar-refractivity contribution < 1.29 is 13.2 Å². The second-order valence-electron chi connectivity index (χ2n) is 3.56. The smallest absolute Gasteiger partial charge is 0.215 e. The highest BCUT2D eigenvalue weighted by molar-refractivity contribution is 7.90. The van der Waals surface area contributed by atoms with Gasteiger partial charge in [0.15, 0.2) is 0 Å². The Balaban J connectivity index is 2.61. The van der Waals surface area contributed by atoms with Gasteiger partial charge < -0.3 is 4.74 Å². The standard InChI is InChI=1S/C9H16N2O3S/c1-2-8(7-10)11-15(12,13)9-3-5-14-6-4-9/h8-9,11H,2-6H2,1H3. The molecule has 15 heavy (non-hydrogen) atoms. The van der Waals surface area contributed by atoms with Gasteiger partial charge in [0, 0.05) is 13.2 Å². The lowest BCUT2D eigenvalue weighted by molar-refractivity contribution is 0.0981. The molecule has 1 N–H and O–H groups in total. The summed E-state index contributed by atoms with van der Waals surface area (Å²) in [5, 5.41) is 8.28. The Morgan fingerprint density at radius 2 is 2.13 bits per heavy atom. The summed E-state index contributed by atoms with van der Waals surface area (Å²) < 4.78 is 31.1. The number of hydrogen-bond donors (Lipinski definition) is 1. The fourth-order valence-electron chi connectivity index (χ4n) is 1.48. The van der Waals surface area contributed by atoms with Crippen LogP contribution in [0, 0.1) is 11.3 Å². The van der Waals surface area contributed by atoms with Crippen LogP contribution in [0.3, 0.4) is 0 Å². The molecule has 1 aliphatic heterocycles. The molecule has 1 atom stereocenters.